The van der Waals surface area contributed by atoms with Gasteiger partial charge in [-0.3, -0.25) is 4.79 Å². The van der Waals surface area contributed by atoms with Gasteiger partial charge in [0, 0.05) is 5.02 Å². The van der Waals surface area contributed by atoms with Crippen molar-refractivity contribution in [3.05, 3.63) is 34.3 Å². The zero-order chi connectivity index (χ0) is 17.7. The van der Waals surface area contributed by atoms with Crippen LogP contribution in [0.25, 0.3) is 0 Å². The lowest BCUT2D eigenvalue weighted by atomic mass is 9.84. The maximum Gasteiger partial charge on any atom is 0.350 e. The molecule has 24 heavy (non-hydrogen) atoms. The SMILES string of the molecule is CCOC(=O)C1(OC(=O)C(C)c2cc(Cl)ccc2C)CCCCC1. The smallest absolute Gasteiger partial charge is 0.350 e. The van der Waals surface area contributed by atoms with Crippen molar-refractivity contribution < 1.29 is 19.1 Å². The third kappa shape index (κ3) is 4.10. The highest BCUT2D eigenvalue weighted by molar-refractivity contribution is 6.30. The number of hydrogen-bond acceptors (Lipinski definition) is 4. The van der Waals surface area contributed by atoms with Crippen LogP contribution in [-0.4, -0.2) is 24.1 Å². The molecule has 1 aromatic carbocycles. The third-order valence-electron chi connectivity index (χ3n) is 4.67. The van der Waals surface area contributed by atoms with Crippen LogP contribution in [0.4, 0.5) is 0 Å². The number of hydrogen-bond donors (Lipinski definition) is 0. The molecular formula is C19H25ClO4. The zero-order valence-corrected chi connectivity index (χ0v) is 15.3. The fraction of sp³-hybridized carbons (Fsp3) is 0.579. The Morgan fingerprint density at radius 1 is 1.25 bits per heavy atom. The van der Waals surface area contributed by atoms with Crippen molar-refractivity contribution in [2.24, 2.45) is 0 Å². The van der Waals surface area contributed by atoms with E-state index in [1.54, 1.807) is 26.0 Å². The van der Waals surface area contributed by atoms with Gasteiger partial charge < -0.3 is 9.47 Å². The maximum atomic E-state index is 12.7. The number of benzene rings is 1. The predicted octanol–water partition coefficient (Wildman–Crippen LogP) is 4.56. The number of rotatable bonds is 5. The molecule has 0 aliphatic heterocycles. The Morgan fingerprint density at radius 3 is 2.54 bits per heavy atom. The van der Waals surface area contributed by atoms with E-state index in [2.05, 4.69) is 0 Å². The van der Waals surface area contributed by atoms with Crippen molar-refractivity contribution in [2.45, 2.75) is 64.4 Å². The maximum absolute atomic E-state index is 12.7. The first-order valence-electron chi connectivity index (χ1n) is 8.56. The first kappa shape index (κ1) is 18.8. The van der Waals surface area contributed by atoms with Gasteiger partial charge in [0.05, 0.1) is 12.5 Å². The summed E-state index contributed by atoms with van der Waals surface area (Å²) in [7, 11) is 0. The minimum atomic E-state index is -1.13. The molecule has 1 atom stereocenters. The van der Waals surface area contributed by atoms with Crippen LogP contribution in [-0.2, 0) is 19.1 Å². The van der Waals surface area contributed by atoms with Crippen molar-refractivity contribution in [1.29, 1.82) is 0 Å². The van der Waals surface area contributed by atoms with E-state index in [1.165, 1.54) is 0 Å². The lowest BCUT2D eigenvalue weighted by Gasteiger charge is -2.35. The highest BCUT2D eigenvalue weighted by Gasteiger charge is 2.45. The van der Waals surface area contributed by atoms with Gasteiger partial charge in [0.15, 0.2) is 0 Å². The molecule has 0 heterocycles. The molecule has 5 heteroatoms. The summed E-state index contributed by atoms with van der Waals surface area (Å²) >= 11 is 6.05. The lowest BCUT2D eigenvalue weighted by Crippen LogP contribution is -2.46. The minimum absolute atomic E-state index is 0.279. The first-order chi connectivity index (χ1) is 11.4. The summed E-state index contributed by atoms with van der Waals surface area (Å²) in [5.74, 6) is -1.32. The van der Waals surface area contributed by atoms with Gasteiger partial charge in [-0.1, -0.05) is 24.1 Å². The van der Waals surface area contributed by atoms with Gasteiger partial charge >= 0.3 is 11.9 Å². The van der Waals surface area contributed by atoms with Crippen molar-refractivity contribution >= 4 is 23.5 Å². The second-order valence-electron chi connectivity index (χ2n) is 6.42. The molecule has 0 amide bonds. The van der Waals surface area contributed by atoms with E-state index in [4.69, 9.17) is 21.1 Å². The fourth-order valence-electron chi connectivity index (χ4n) is 3.22. The van der Waals surface area contributed by atoms with E-state index in [9.17, 15) is 9.59 Å². The first-order valence-corrected chi connectivity index (χ1v) is 8.93. The molecule has 4 nitrogen and oxygen atoms in total. The van der Waals surface area contributed by atoms with Crippen LogP contribution in [0.2, 0.25) is 5.02 Å². The molecule has 0 bridgehead atoms. The molecule has 1 aliphatic carbocycles. The Hall–Kier alpha value is -1.55. The number of halogens is 1. The predicted molar refractivity (Wildman–Crippen MR) is 93.1 cm³/mol. The monoisotopic (exact) mass is 352 g/mol. The van der Waals surface area contributed by atoms with E-state index in [1.807, 2.05) is 13.0 Å². The Labute approximate surface area is 148 Å². The summed E-state index contributed by atoms with van der Waals surface area (Å²) in [5, 5.41) is 0.577. The van der Waals surface area contributed by atoms with E-state index in [0.717, 1.165) is 30.4 Å². The summed E-state index contributed by atoms with van der Waals surface area (Å²) in [6.45, 7) is 5.75. The van der Waals surface area contributed by atoms with Gasteiger partial charge in [0.25, 0.3) is 0 Å². The third-order valence-corrected chi connectivity index (χ3v) is 4.90. The fourth-order valence-corrected chi connectivity index (χ4v) is 3.40. The quantitative estimate of drug-likeness (QED) is 0.729. The van der Waals surface area contributed by atoms with E-state index in [0.29, 0.717) is 17.9 Å². The van der Waals surface area contributed by atoms with Gasteiger partial charge in [-0.05, 0) is 69.7 Å². The number of esters is 2. The Balaban J connectivity index is 2.20. The average molecular weight is 353 g/mol. The van der Waals surface area contributed by atoms with E-state index < -0.39 is 23.5 Å². The number of ether oxygens (including phenoxy) is 2. The highest BCUT2D eigenvalue weighted by atomic mass is 35.5. The summed E-state index contributed by atoms with van der Waals surface area (Å²) in [5.41, 5.74) is 0.659. The second-order valence-corrected chi connectivity index (χ2v) is 6.86. The van der Waals surface area contributed by atoms with Crippen LogP contribution in [0.1, 0.15) is 63.0 Å². The summed E-state index contributed by atoms with van der Waals surface area (Å²) in [6, 6.07) is 5.45. The van der Waals surface area contributed by atoms with Crippen molar-refractivity contribution in [3.8, 4) is 0 Å². The lowest BCUT2D eigenvalue weighted by molar-refractivity contribution is -0.187. The van der Waals surface area contributed by atoms with E-state index >= 15 is 0 Å². The van der Waals surface area contributed by atoms with Crippen molar-refractivity contribution in [2.75, 3.05) is 6.61 Å². The number of carbonyl (C=O) groups is 2. The van der Waals surface area contributed by atoms with Crippen molar-refractivity contribution in [1.82, 2.24) is 0 Å². The normalized spacial score (nSPS) is 17.8. The van der Waals surface area contributed by atoms with Crippen LogP contribution >= 0.6 is 11.6 Å². The molecule has 2 rings (SSSR count). The van der Waals surface area contributed by atoms with Crippen LogP contribution in [0, 0.1) is 6.92 Å². The molecule has 0 N–H and O–H groups in total. The van der Waals surface area contributed by atoms with Crippen LogP contribution in [0.5, 0.6) is 0 Å². The molecular weight excluding hydrogens is 328 g/mol. The molecule has 1 aromatic rings. The number of aryl methyl sites for hydroxylation is 1. The molecule has 0 radical (unpaired) electrons. The summed E-state index contributed by atoms with van der Waals surface area (Å²) < 4.78 is 10.9. The Morgan fingerprint density at radius 2 is 1.92 bits per heavy atom. The average Bonchev–Trinajstić information content (AvgIpc) is 2.57. The molecule has 1 fully saturated rings. The van der Waals surface area contributed by atoms with Crippen LogP contribution in [0.15, 0.2) is 18.2 Å². The van der Waals surface area contributed by atoms with Crippen molar-refractivity contribution in [3.63, 3.8) is 0 Å². The molecule has 132 valence electrons. The number of carbonyl (C=O) groups excluding carboxylic acids is 2. The Bertz CT molecular complexity index is 605. The molecule has 1 aliphatic rings. The zero-order valence-electron chi connectivity index (χ0n) is 14.6. The Kier molecular flexibility index (Phi) is 6.27. The standard InChI is InChI=1S/C19H25ClO4/c1-4-23-18(22)19(10-6-5-7-11-19)24-17(21)14(3)16-12-15(20)9-8-13(16)2/h8-9,12,14H,4-7,10-11H2,1-3H3. The molecule has 1 saturated carbocycles. The van der Waals surface area contributed by atoms with Gasteiger partial charge in [0.2, 0.25) is 5.60 Å². The second kappa shape index (κ2) is 8.02. The van der Waals surface area contributed by atoms with Gasteiger partial charge in [-0.25, -0.2) is 4.79 Å². The van der Waals surface area contributed by atoms with Crippen LogP contribution < -0.4 is 0 Å². The van der Waals surface area contributed by atoms with Gasteiger partial charge in [-0.15, -0.1) is 0 Å². The van der Waals surface area contributed by atoms with Crippen LogP contribution in [0.3, 0.4) is 0 Å². The van der Waals surface area contributed by atoms with Gasteiger partial charge in [0.1, 0.15) is 0 Å². The molecule has 0 saturated heterocycles. The highest BCUT2D eigenvalue weighted by Crippen LogP contribution is 2.35. The summed E-state index contributed by atoms with van der Waals surface area (Å²) in [4.78, 5) is 25.1. The largest absolute Gasteiger partial charge is 0.463 e. The summed E-state index contributed by atoms with van der Waals surface area (Å²) in [6.07, 6.45) is 3.81. The topological polar surface area (TPSA) is 52.6 Å². The molecule has 0 aromatic heterocycles. The van der Waals surface area contributed by atoms with Gasteiger partial charge in [-0.2, -0.15) is 0 Å². The molecule has 0 spiro atoms. The molecule has 1 unspecified atom stereocenters. The van der Waals surface area contributed by atoms with E-state index in [-0.39, 0.29) is 6.61 Å². The minimum Gasteiger partial charge on any atom is -0.463 e.